The van der Waals surface area contributed by atoms with Crippen LogP contribution in [0.15, 0.2) is 12.2 Å². The van der Waals surface area contributed by atoms with Crippen molar-refractivity contribution in [2.75, 3.05) is 0 Å². The van der Waals surface area contributed by atoms with Crippen LogP contribution in [0.3, 0.4) is 0 Å². The van der Waals surface area contributed by atoms with Gasteiger partial charge in [-0.3, -0.25) is 0 Å². The summed E-state index contributed by atoms with van der Waals surface area (Å²) in [6.07, 6.45) is 6.71. The van der Waals surface area contributed by atoms with Crippen molar-refractivity contribution in [2.45, 2.75) is 26.7 Å². The van der Waals surface area contributed by atoms with Crippen LogP contribution in [-0.4, -0.2) is 23.1 Å². The third kappa shape index (κ3) is 26.5. The summed E-state index contributed by atoms with van der Waals surface area (Å²) in [7, 11) is 0. The van der Waals surface area contributed by atoms with Crippen molar-refractivity contribution >= 4 is 23.1 Å². The second-order valence-corrected chi connectivity index (χ2v) is 1.29. The summed E-state index contributed by atoms with van der Waals surface area (Å²) in [5.74, 6) is 0. The van der Waals surface area contributed by atoms with Gasteiger partial charge in [-0.15, -0.1) is 0 Å². The summed E-state index contributed by atoms with van der Waals surface area (Å²) < 4.78 is 0. The van der Waals surface area contributed by atoms with Crippen LogP contribution >= 0.6 is 0 Å². The first kappa shape index (κ1) is 22.4. The van der Waals surface area contributed by atoms with Crippen LogP contribution < -0.4 is 34.0 Å². The molecule has 0 atom stereocenters. The van der Waals surface area contributed by atoms with Crippen LogP contribution in [-0.2, 0) is 0 Å². The quantitative estimate of drug-likeness (QED) is 0.354. The molecule has 0 saturated heterocycles. The Hall–Kier alpha value is 1.47. The average Bonchev–Trinajstić information content (AvgIpc) is 1.61. The van der Waals surface area contributed by atoms with Crippen LogP contribution in [0, 0.1) is 0 Å². The average molecular weight is 268 g/mol. The fraction of sp³-hybridized carbons (Fsp3) is 0.667. The summed E-state index contributed by atoms with van der Waals surface area (Å²) in [5, 5.41) is 0. The fourth-order valence-corrected chi connectivity index (χ4v) is 0.333. The number of allylic oxidation sites excluding steroid dienone is 2. The molecule has 0 aromatic heterocycles. The molecule has 0 N–H and O–H groups in total. The predicted octanol–water partition coefficient (Wildman–Crippen LogP) is -4.01. The van der Waals surface area contributed by atoms with Crippen molar-refractivity contribution in [1.29, 1.82) is 0 Å². The van der Waals surface area contributed by atoms with E-state index in [0.29, 0.717) is 0 Å². The number of rotatable bonds is 2. The van der Waals surface area contributed by atoms with E-state index in [-0.39, 0.29) is 57.0 Å². The zero-order valence-electron chi connectivity index (χ0n) is 6.03. The summed E-state index contributed by atoms with van der Waals surface area (Å²) in [5.41, 5.74) is 0. The summed E-state index contributed by atoms with van der Waals surface area (Å²) in [6, 6.07) is 0. The maximum absolute atomic E-state index is 2.18. The minimum Gasteiger partial charge on any atom is -1.00 e. The van der Waals surface area contributed by atoms with E-state index in [1.165, 1.54) is 12.8 Å². The first-order valence-corrected chi connectivity index (χ1v) is 2.56. The van der Waals surface area contributed by atoms with E-state index in [1.807, 2.05) is 0 Å². The maximum Gasteiger partial charge on any atom is 2.00 e. The molecule has 52 valence electrons. The Kier molecular flexibility index (Phi) is 56.6. The number of halogens is 2. The van der Waals surface area contributed by atoms with Gasteiger partial charge < -0.3 is 34.0 Å². The molecule has 0 spiro atoms. The minimum absolute atomic E-state index is 0. The van der Waals surface area contributed by atoms with Crippen molar-refractivity contribution in [3.05, 3.63) is 12.2 Å². The Bertz CT molecular complexity index is 40.3. The van der Waals surface area contributed by atoms with E-state index < -0.39 is 0 Å². The van der Waals surface area contributed by atoms with E-state index >= 15 is 0 Å². The first-order valence-electron chi connectivity index (χ1n) is 2.56. The van der Waals surface area contributed by atoms with Crippen molar-refractivity contribution in [3.63, 3.8) is 0 Å². The Morgan fingerprint density at radius 2 is 1.11 bits per heavy atom. The molecule has 9 heavy (non-hydrogen) atoms. The minimum atomic E-state index is 0. The predicted molar refractivity (Wildman–Crippen MR) is 35.5 cm³/mol. The molecule has 0 unspecified atom stereocenters. The van der Waals surface area contributed by atoms with Gasteiger partial charge in [0.05, 0.1) is 0 Å². The first-order chi connectivity index (χ1) is 2.91. The van der Waals surface area contributed by atoms with E-state index in [4.69, 9.17) is 0 Å². The van der Waals surface area contributed by atoms with Crippen LogP contribution in [0.5, 0.6) is 0 Å². The third-order valence-electron chi connectivity index (χ3n) is 0.638. The fourth-order valence-electron chi connectivity index (χ4n) is 0.333. The van der Waals surface area contributed by atoms with E-state index in [0.717, 1.165) is 0 Å². The van der Waals surface area contributed by atoms with Gasteiger partial charge in [0.25, 0.3) is 0 Å². The molecule has 0 fully saturated rings. The molecule has 0 saturated carbocycles. The van der Waals surface area contributed by atoms with Gasteiger partial charge in [-0.25, -0.2) is 0 Å². The molecule has 0 radical (unpaired) electrons. The molecule has 0 aromatic carbocycles. The maximum atomic E-state index is 2.18. The van der Waals surface area contributed by atoms with Crippen molar-refractivity contribution in [3.8, 4) is 0 Å². The van der Waals surface area contributed by atoms with Gasteiger partial charge in [0, 0.05) is 0 Å². The molecular formula is C6H12Br2Mg. The molecule has 0 bridgehead atoms. The van der Waals surface area contributed by atoms with E-state index in [9.17, 15) is 0 Å². The van der Waals surface area contributed by atoms with Gasteiger partial charge in [0.2, 0.25) is 0 Å². The van der Waals surface area contributed by atoms with Gasteiger partial charge in [-0.2, -0.15) is 0 Å². The Morgan fingerprint density at radius 1 is 0.889 bits per heavy atom. The summed E-state index contributed by atoms with van der Waals surface area (Å²) in [4.78, 5) is 0. The van der Waals surface area contributed by atoms with Gasteiger partial charge in [-0.05, 0) is 12.8 Å². The molecular weight excluding hydrogens is 256 g/mol. The Labute approximate surface area is 95.2 Å². The van der Waals surface area contributed by atoms with Gasteiger partial charge >= 0.3 is 23.1 Å². The monoisotopic (exact) mass is 266 g/mol. The number of hydrogen-bond acceptors (Lipinski definition) is 0. The van der Waals surface area contributed by atoms with Crippen LogP contribution in [0.2, 0.25) is 0 Å². The van der Waals surface area contributed by atoms with Crippen LogP contribution in [0.1, 0.15) is 26.7 Å². The Balaban J connectivity index is -0.0000000417. The van der Waals surface area contributed by atoms with Crippen LogP contribution in [0.25, 0.3) is 0 Å². The molecule has 0 amide bonds. The van der Waals surface area contributed by atoms with Crippen molar-refractivity contribution in [1.82, 2.24) is 0 Å². The van der Waals surface area contributed by atoms with Crippen LogP contribution in [0.4, 0.5) is 0 Å². The molecule has 0 aliphatic carbocycles. The second kappa shape index (κ2) is 22.7. The largest absolute Gasteiger partial charge is 2.00 e. The smallest absolute Gasteiger partial charge is 1.00 e. The SMILES string of the molecule is CCC=CCC.[Br-].[Br-].[Mg+2]. The van der Waals surface area contributed by atoms with E-state index in [2.05, 4.69) is 26.0 Å². The van der Waals surface area contributed by atoms with Crippen molar-refractivity contribution < 1.29 is 34.0 Å². The van der Waals surface area contributed by atoms with Gasteiger partial charge in [-0.1, -0.05) is 26.0 Å². The summed E-state index contributed by atoms with van der Waals surface area (Å²) >= 11 is 0. The zero-order chi connectivity index (χ0) is 4.83. The molecule has 3 heteroatoms. The van der Waals surface area contributed by atoms with Crippen molar-refractivity contribution in [2.24, 2.45) is 0 Å². The Morgan fingerprint density at radius 3 is 1.22 bits per heavy atom. The topological polar surface area (TPSA) is 0 Å². The molecule has 0 nitrogen and oxygen atoms in total. The zero-order valence-corrected chi connectivity index (χ0v) is 10.6. The van der Waals surface area contributed by atoms with Gasteiger partial charge in [0.15, 0.2) is 0 Å². The normalized spacial score (nSPS) is 6.89. The van der Waals surface area contributed by atoms with Gasteiger partial charge in [0.1, 0.15) is 0 Å². The molecule has 0 aliphatic rings. The number of hydrogen-bond donors (Lipinski definition) is 0. The van der Waals surface area contributed by atoms with E-state index in [1.54, 1.807) is 0 Å². The molecule has 0 rings (SSSR count). The summed E-state index contributed by atoms with van der Waals surface area (Å²) in [6.45, 7) is 4.29. The standard InChI is InChI=1S/C6H12.2BrH.Mg/c1-3-5-6-4-2;;;/h5-6H,3-4H2,1-2H3;2*1H;/q;;;+2/p-2. The second-order valence-electron chi connectivity index (χ2n) is 1.29. The third-order valence-corrected chi connectivity index (χ3v) is 0.638. The molecule has 0 aliphatic heterocycles. The molecule has 0 heterocycles. The molecule has 0 aromatic rings.